The molecule has 3 aromatic carbocycles. The molecular formula is C26H28N2O4. The minimum Gasteiger partial charge on any atom is -0.493 e. The van der Waals surface area contributed by atoms with Gasteiger partial charge in [-0.1, -0.05) is 42.0 Å². The number of hydrogen-bond donors (Lipinski definition) is 1. The van der Waals surface area contributed by atoms with Crippen molar-refractivity contribution in [3.8, 4) is 17.2 Å². The zero-order valence-corrected chi connectivity index (χ0v) is 18.8. The number of benzene rings is 3. The Morgan fingerprint density at radius 1 is 0.875 bits per heavy atom. The first-order valence-electron chi connectivity index (χ1n) is 10.3. The van der Waals surface area contributed by atoms with E-state index in [2.05, 4.69) is 29.6 Å². The number of rotatable bonds is 9. The SMILES string of the molecule is COc1cc(/C=N/NC(=O)COc2cc(C)ccc2C)ccc1OCc1ccc(C)cc1. The number of aryl methyl sites for hydroxylation is 3. The lowest BCUT2D eigenvalue weighted by molar-refractivity contribution is -0.123. The zero-order valence-electron chi connectivity index (χ0n) is 18.8. The third-order valence-electron chi connectivity index (χ3n) is 4.81. The first kappa shape index (κ1) is 22.9. The van der Waals surface area contributed by atoms with Crippen molar-refractivity contribution < 1.29 is 19.0 Å². The Labute approximate surface area is 188 Å². The van der Waals surface area contributed by atoms with Crippen LogP contribution < -0.4 is 19.6 Å². The van der Waals surface area contributed by atoms with Gasteiger partial charge in [-0.25, -0.2) is 5.43 Å². The van der Waals surface area contributed by atoms with Crippen LogP contribution in [0.5, 0.6) is 17.2 Å². The number of amides is 1. The van der Waals surface area contributed by atoms with Crippen LogP contribution in [0.2, 0.25) is 0 Å². The van der Waals surface area contributed by atoms with Crippen LogP contribution in [-0.4, -0.2) is 25.8 Å². The van der Waals surface area contributed by atoms with E-state index in [0.717, 1.165) is 22.3 Å². The molecule has 0 heterocycles. The summed E-state index contributed by atoms with van der Waals surface area (Å²) in [6.45, 7) is 6.29. The van der Waals surface area contributed by atoms with Crippen molar-refractivity contribution in [1.82, 2.24) is 5.43 Å². The van der Waals surface area contributed by atoms with E-state index in [9.17, 15) is 4.79 Å². The smallest absolute Gasteiger partial charge is 0.277 e. The molecule has 0 saturated heterocycles. The minimum absolute atomic E-state index is 0.114. The third-order valence-corrected chi connectivity index (χ3v) is 4.81. The lowest BCUT2D eigenvalue weighted by Crippen LogP contribution is -2.24. The van der Waals surface area contributed by atoms with Gasteiger partial charge in [0.2, 0.25) is 0 Å². The molecule has 3 aromatic rings. The molecule has 6 nitrogen and oxygen atoms in total. The van der Waals surface area contributed by atoms with Crippen molar-refractivity contribution in [1.29, 1.82) is 0 Å². The number of nitrogens with zero attached hydrogens (tertiary/aromatic N) is 1. The first-order chi connectivity index (χ1) is 15.4. The normalized spacial score (nSPS) is 10.8. The third kappa shape index (κ3) is 6.60. The molecule has 1 amide bonds. The second-order valence-electron chi connectivity index (χ2n) is 7.54. The molecule has 0 fully saturated rings. The van der Waals surface area contributed by atoms with Gasteiger partial charge >= 0.3 is 0 Å². The molecule has 1 N–H and O–H groups in total. The van der Waals surface area contributed by atoms with Crippen LogP contribution >= 0.6 is 0 Å². The Morgan fingerprint density at radius 2 is 1.62 bits per heavy atom. The Kier molecular flexibility index (Phi) is 7.86. The lowest BCUT2D eigenvalue weighted by Gasteiger charge is -2.11. The Balaban J connectivity index is 1.53. The highest BCUT2D eigenvalue weighted by Gasteiger charge is 2.07. The van der Waals surface area contributed by atoms with E-state index < -0.39 is 0 Å². The molecule has 0 aliphatic rings. The summed E-state index contributed by atoms with van der Waals surface area (Å²) in [4.78, 5) is 12.0. The second-order valence-corrected chi connectivity index (χ2v) is 7.54. The van der Waals surface area contributed by atoms with Crippen molar-refractivity contribution in [2.45, 2.75) is 27.4 Å². The quantitative estimate of drug-likeness (QED) is 0.392. The number of carbonyl (C=O) groups excluding carboxylic acids is 1. The van der Waals surface area contributed by atoms with Gasteiger partial charge in [0, 0.05) is 0 Å². The summed E-state index contributed by atoms with van der Waals surface area (Å²) >= 11 is 0. The molecule has 0 bridgehead atoms. The van der Waals surface area contributed by atoms with Crippen molar-refractivity contribution in [2.24, 2.45) is 5.10 Å². The molecule has 0 spiro atoms. The molecule has 0 aromatic heterocycles. The average Bonchev–Trinajstić information content (AvgIpc) is 2.79. The van der Waals surface area contributed by atoms with Gasteiger partial charge in [0.15, 0.2) is 18.1 Å². The molecule has 6 heteroatoms. The minimum atomic E-state index is -0.341. The fraction of sp³-hybridized carbons (Fsp3) is 0.231. The summed E-state index contributed by atoms with van der Waals surface area (Å²) in [6.07, 6.45) is 1.54. The van der Waals surface area contributed by atoms with E-state index in [1.165, 1.54) is 5.56 Å². The summed E-state index contributed by atoms with van der Waals surface area (Å²) in [6, 6.07) is 19.5. The Bertz CT molecular complexity index is 1090. The summed E-state index contributed by atoms with van der Waals surface area (Å²) < 4.78 is 16.9. The molecule has 0 unspecified atom stereocenters. The predicted molar refractivity (Wildman–Crippen MR) is 126 cm³/mol. The molecule has 0 aliphatic heterocycles. The van der Waals surface area contributed by atoms with E-state index in [1.54, 1.807) is 19.4 Å². The van der Waals surface area contributed by atoms with Crippen LogP contribution in [0.4, 0.5) is 0 Å². The molecule has 32 heavy (non-hydrogen) atoms. The van der Waals surface area contributed by atoms with Gasteiger partial charge in [-0.2, -0.15) is 5.10 Å². The van der Waals surface area contributed by atoms with E-state index in [-0.39, 0.29) is 12.5 Å². The number of carbonyl (C=O) groups is 1. The highest BCUT2D eigenvalue weighted by Crippen LogP contribution is 2.28. The maximum absolute atomic E-state index is 12.0. The van der Waals surface area contributed by atoms with Gasteiger partial charge < -0.3 is 14.2 Å². The van der Waals surface area contributed by atoms with Crippen LogP contribution in [0.3, 0.4) is 0 Å². The van der Waals surface area contributed by atoms with E-state index >= 15 is 0 Å². The van der Waals surface area contributed by atoms with Crippen LogP contribution in [-0.2, 0) is 11.4 Å². The standard InChI is InChI=1S/C26H28N2O4/c1-18-6-9-21(10-7-18)16-31-23-12-11-22(14-25(23)30-4)15-27-28-26(29)17-32-24-13-19(2)5-8-20(24)3/h5-15H,16-17H2,1-4H3,(H,28,29)/b27-15+. The summed E-state index contributed by atoms with van der Waals surface area (Å²) in [5.74, 6) is 1.57. The summed E-state index contributed by atoms with van der Waals surface area (Å²) in [7, 11) is 1.58. The van der Waals surface area contributed by atoms with Gasteiger partial charge in [-0.3, -0.25) is 4.79 Å². The number of methoxy groups -OCH3 is 1. The van der Waals surface area contributed by atoms with Crippen LogP contribution in [0.15, 0.2) is 65.8 Å². The van der Waals surface area contributed by atoms with Crippen LogP contribution in [0, 0.1) is 20.8 Å². The Hall–Kier alpha value is -3.80. The second kappa shape index (κ2) is 11.0. The molecule has 0 radical (unpaired) electrons. The molecule has 0 atom stereocenters. The fourth-order valence-corrected chi connectivity index (χ4v) is 2.95. The van der Waals surface area contributed by atoms with E-state index in [0.29, 0.717) is 23.9 Å². The molecular weight excluding hydrogens is 404 g/mol. The number of nitrogens with one attached hydrogen (secondary N) is 1. The maximum atomic E-state index is 12.0. The topological polar surface area (TPSA) is 69.2 Å². The predicted octanol–water partition coefficient (Wildman–Crippen LogP) is 4.73. The highest BCUT2D eigenvalue weighted by atomic mass is 16.5. The first-order valence-corrected chi connectivity index (χ1v) is 10.3. The lowest BCUT2D eigenvalue weighted by atomic mass is 10.1. The molecule has 0 saturated carbocycles. The molecule has 0 aliphatic carbocycles. The summed E-state index contributed by atoms with van der Waals surface area (Å²) in [5.41, 5.74) is 7.57. The van der Waals surface area contributed by atoms with Crippen molar-refractivity contribution in [2.75, 3.05) is 13.7 Å². The van der Waals surface area contributed by atoms with Gasteiger partial charge in [0.1, 0.15) is 12.4 Å². The van der Waals surface area contributed by atoms with Gasteiger partial charge in [-0.05, 0) is 67.3 Å². The molecule has 166 valence electrons. The van der Waals surface area contributed by atoms with Crippen LogP contribution in [0.1, 0.15) is 27.8 Å². The number of hydrazone groups is 1. The summed E-state index contributed by atoms with van der Waals surface area (Å²) in [5, 5.41) is 4.00. The highest BCUT2D eigenvalue weighted by molar-refractivity contribution is 5.83. The average molecular weight is 433 g/mol. The molecule has 3 rings (SSSR count). The van der Waals surface area contributed by atoms with E-state index in [4.69, 9.17) is 14.2 Å². The van der Waals surface area contributed by atoms with Gasteiger partial charge in [-0.15, -0.1) is 0 Å². The monoisotopic (exact) mass is 432 g/mol. The fourth-order valence-electron chi connectivity index (χ4n) is 2.95. The largest absolute Gasteiger partial charge is 0.493 e. The van der Waals surface area contributed by atoms with Crippen LogP contribution in [0.25, 0.3) is 0 Å². The van der Waals surface area contributed by atoms with Crippen molar-refractivity contribution in [3.63, 3.8) is 0 Å². The Morgan fingerprint density at radius 3 is 2.38 bits per heavy atom. The maximum Gasteiger partial charge on any atom is 0.277 e. The number of hydrogen-bond acceptors (Lipinski definition) is 5. The zero-order chi connectivity index (χ0) is 22.9. The van der Waals surface area contributed by atoms with Crippen molar-refractivity contribution in [3.05, 3.63) is 88.5 Å². The van der Waals surface area contributed by atoms with Crippen molar-refractivity contribution >= 4 is 12.1 Å². The number of ether oxygens (including phenoxy) is 3. The van der Waals surface area contributed by atoms with Gasteiger partial charge in [0.05, 0.1) is 13.3 Å². The van der Waals surface area contributed by atoms with E-state index in [1.807, 2.05) is 56.3 Å². The van der Waals surface area contributed by atoms with Gasteiger partial charge in [0.25, 0.3) is 5.91 Å².